The minimum Gasteiger partial charge on any atom is -0.451 e. The fourth-order valence-electron chi connectivity index (χ4n) is 1.75. The molecule has 19 heavy (non-hydrogen) atoms. The summed E-state index contributed by atoms with van der Waals surface area (Å²) in [5, 5.41) is 3.31. The Balaban J connectivity index is 1.87. The summed E-state index contributed by atoms with van der Waals surface area (Å²) in [6.07, 6.45) is 0. The Morgan fingerprint density at radius 2 is 2.00 bits per heavy atom. The monoisotopic (exact) mass is 256 g/mol. The van der Waals surface area contributed by atoms with Crippen LogP contribution in [0.4, 0.5) is 10.2 Å². The number of fused-ring (bicyclic) bond motifs is 1. The Hall–Kier alpha value is -2.69. The van der Waals surface area contributed by atoms with Crippen LogP contribution in [-0.2, 0) is 0 Å². The molecule has 0 saturated carbocycles. The maximum atomic E-state index is 12.9. The summed E-state index contributed by atoms with van der Waals surface area (Å²) in [6.45, 7) is 0. The van der Waals surface area contributed by atoms with Gasteiger partial charge in [0.1, 0.15) is 11.4 Å². The van der Waals surface area contributed by atoms with E-state index in [0.29, 0.717) is 5.58 Å². The van der Waals surface area contributed by atoms with E-state index in [0.717, 1.165) is 5.39 Å². The van der Waals surface area contributed by atoms with Gasteiger partial charge in [-0.25, -0.2) is 4.98 Å². The molecule has 0 radical (unpaired) electrons. The van der Waals surface area contributed by atoms with E-state index in [9.17, 15) is 9.18 Å². The number of carbonyl (C=O) groups excluding carboxylic acids is 1. The molecular formula is C14H9FN2O2. The highest BCUT2D eigenvalue weighted by molar-refractivity contribution is 6.04. The van der Waals surface area contributed by atoms with Crippen molar-refractivity contribution in [2.45, 2.75) is 0 Å². The van der Waals surface area contributed by atoms with Crippen LogP contribution in [0, 0.1) is 5.95 Å². The predicted octanol–water partition coefficient (Wildman–Crippen LogP) is 3.22. The average molecular weight is 256 g/mol. The molecule has 0 spiro atoms. The van der Waals surface area contributed by atoms with Crippen LogP contribution in [0.3, 0.4) is 0 Å². The Morgan fingerprint density at radius 3 is 2.79 bits per heavy atom. The number of rotatable bonds is 2. The lowest BCUT2D eigenvalue weighted by Gasteiger charge is -2.01. The number of amides is 1. The first kappa shape index (κ1) is 11.4. The number of para-hydroxylation sites is 1. The van der Waals surface area contributed by atoms with E-state index in [1.54, 1.807) is 12.1 Å². The van der Waals surface area contributed by atoms with Gasteiger partial charge in [-0.15, -0.1) is 0 Å². The van der Waals surface area contributed by atoms with Gasteiger partial charge < -0.3 is 9.73 Å². The molecule has 3 rings (SSSR count). The summed E-state index contributed by atoms with van der Waals surface area (Å²) in [4.78, 5) is 15.5. The molecule has 0 aliphatic carbocycles. The summed E-state index contributed by atoms with van der Waals surface area (Å²) >= 11 is 0. The quantitative estimate of drug-likeness (QED) is 0.716. The van der Waals surface area contributed by atoms with E-state index in [1.807, 2.05) is 18.2 Å². The molecule has 0 aliphatic heterocycles. The summed E-state index contributed by atoms with van der Waals surface area (Å²) < 4.78 is 18.3. The number of aromatic nitrogens is 1. The van der Waals surface area contributed by atoms with Gasteiger partial charge in [0, 0.05) is 5.39 Å². The highest BCUT2D eigenvalue weighted by Gasteiger charge is 2.12. The van der Waals surface area contributed by atoms with E-state index >= 15 is 0 Å². The molecule has 1 aromatic carbocycles. The lowest BCUT2D eigenvalue weighted by molar-refractivity contribution is 0.0998. The lowest BCUT2D eigenvalue weighted by Crippen LogP contribution is -2.12. The van der Waals surface area contributed by atoms with Crippen LogP contribution in [0.15, 0.2) is 52.9 Å². The largest absolute Gasteiger partial charge is 0.451 e. The molecular weight excluding hydrogens is 247 g/mol. The molecule has 0 saturated heterocycles. The Labute approximate surface area is 107 Å². The minimum absolute atomic E-state index is 0.144. The first-order chi connectivity index (χ1) is 9.22. The van der Waals surface area contributed by atoms with Crippen molar-refractivity contribution in [3.8, 4) is 0 Å². The maximum absolute atomic E-state index is 12.9. The number of nitrogens with one attached hydrogen (secondary N) is 1. The van der Waals surface area contributed by atoms with Crippen LogP contribution < -0.4 is 5.32 Å². The van der Waals surface area contributed by atoms with Gasteiger partial charge in [0.25, 0.3) is 5.91 Å². The predicted molar refractivity (Wildman–Crippen MR) is 68.4 cm³/mol. The van der Waals surface area contributed by atoms with E-state index in [2.05, 4.69) is 10.3 Å². The second kappa shape index (κ2) is 4.53. The molecule has 2 aromatic heterocycles. The second-order valence-corrected chi connectivity index (χ2v) is 3.95. The van der Waals surface area contributed by atoms with Crippen LogP contribution in [-0.4, -0.2) is 10.9 Å². The van der Waals surface area contributed by atoms with Crippen molar-refractivity contribution in [2.75, 3.05) is 5.32 Å². The first-order valence-corrected chi connectivity index (χ1v) is 5.65. The Kier molecular flexibility index (Phi) is 2.72. The van der Waals surface area contributed by atoms with Crippen LogP contribution in [0.2, 0.25) is 0 Å². The Morgan fingerprint density at radius 1 is 1.16 bits per heavy atom. The fourth-order valence-corrected chi connectivity index (χ4v) is 1.75. The van der Waals surface area contributed by atoms with E-state index in [-0.39, 0.29) is 11.6 Å². The lowest BCUT2D eigenvalue weighted by atomic mass is 10.2. The number of hydrogen-bond donors (Lipinski definition) is 1. The summed E-state index contributed by atoms with van der Waals surface area (Å²) in [6, 6.07) is 13.1. The summed E-state index contributed by atoms with van der Waals surface area (Å²) in [5.74, 6) is -0.811. The number of carbonyl (C=O) groups is 1. The third kappa shape index (κ3) is 2.30. The second-order valence-electron chi connectivity index (χ2n) is 3.95. The Bertz CT molecular complexity index is 719. The number of furan rings is 1. The van der Waals surface area contributed by atoms with Crippen LogP contribution >= 0.6 is 0 Å². The number of hydrogen-bond acceptors (Lipinski definition) is 3. The van der Waals surface area contributed by atoms with E-state index in [1.165, 1.54) is 18.2 Å². The molecule has 2 heterocycles. The SMILES string of the molecule is O=C(Nc1cccc(F)n1)c1cc2ccccc2o1. The van der Waals surface area contributed by atoms with Gasteiger partial charge in [-0.05, 0) is 24.3 Å². The number of pyridine rings is 1. The molecule has 94 valence electrons. The van der Waals surface area contributed by atoms with Gasteiger partial charge in [0.15, 0.2) is 5.76 Å². The topological polar surface area (TPSA) is 55.1 Å². The summed E-state index contributed by atoms with van der Waals surface area (Å²) in [7, 11) is 0. The van der Waals surface area contributed by atoms with E-state index in [4.69, 9.17) is 4.42 Å². The maximum Gasteiger partial charge on any atom is 0.292 e. The zero-order valence-corrected chi connectivity index (χ0v) is 9.76. The van der Waals surface area contributed by atoms with Crippen LogP contribution in [0.1, 0.15) is 10.6 Å². The highest BCUT2D eigenvalue weighted by Crippen LogP contribution is 2.19. The molecule has 3 aromatic rings. The molecule has 0 bridgehead atoms. The number of nitrogens with zero attached hydrogens (tertiary/aromatic N) is 1. The molecule has 5 heteroatoms. The average Bonchev–Trinajstić information content (AvgIpc) is 2.82. The smallest absolute Gasteiger partial charge is 0.292 e. The van der Waals surface area contributed by atoms with Gasteiger partial charge in [-0.3, -0.25) is 4.79 Å². The van der Waals surface area contributed by atoms with Gasteiger partial charge in [-0.2, -0.15) is 4.39 Å². The van der Waals surface area contributed by atoms with E-state index < -0.39 is 11.9 Å². The minimum atomic E-state index is -0.651. The molecule has 4 nitrogen and oxygen atoms in total. The van der Waals surface area contributed by atoms with Crippen molar-refractivity contribution >= 4 is 22.7 Å². The summed E-state index contributed by atoms with van der Waals surface area (Å²) in [5.41, 5.74) is 0.625. The van der Waals surface area contributed by atoms with Crippen LogP contribution in [0.5, 0.6) is 0 Å². The zero-order valence-electron chi connectivity index (χ0n) is 9.76. The van der Waals surface area contributed by atoms with Crippen LogP contribution in [0.25, 0.3) is 11.0 Å². The highest BCUT2D eigenvalue weighted by atomic mass is 19.1. The normalized spacial score (nSPS) is 10.6. The van der Waals surface area contributed by atoms with Gasteiger partial charge in [-0.1, -0.05) is 24.3 Å². The molecule has 0 fully saturated rings. The molecule has 0 atom stereocenters. The molecule has 1 amide bonds. The van der Waals surface area contributed by atoms with Crippen molar-refractivity contribution in [1.29, 1.82) is 0 Å². The fraction of sp³-hybridized carbons (Fsp3) is 0. The number of halogens is 1. The zero-order chi connectivity index (χ0) is 13.2. The molecule has 0 unspecified atom stereocenters. The van der Waals surface area contributed by atoms with Gasteiger partial charge >= 0.3 is 0 Å². The van der Waals surface area contributed by atoms with Crippen molar-refractivity contribution in [1.82, 2.24) is 4.98 Å². The van der Waals surface area contributed by atoms with Crippen molar-refractivity contribution in [2.24, 2.45) is 0 Å². The molecule has 0 aliphatic rings. The van der Waals surface area contributed by atoms with Gasteiger partial charge in [0.2, 0.25) is 5.95 Å². The standard InChI is InChI=1S/C14H9FN2O2/c15-12-6-3-7-13(16-12)17-14(18)11-8-9-4-1-2-5-10(9)19-11/h1-8H,(H,16,17,18). The third-order valence-electron chi connectivity index (χ3n) is 2.61. The third-order valence-corrected chi connectivity index (χ3v) is 2.61. The first-order valence-electron chi connectivity index (χ1n) is 5.65. The number of anilines is 1. The number of benzene rings is 1. The van der Waals surface area contributed by atoms with Crippen molar-refractivity contribution in [3.63, 3.8) is 0 Å². The van der Waals surface area contributed by atoms with Crippen molar-refractivity contribution < 1.29 is 13.6 Å². The molecule has 1 N–H and O–H groups in total. The van der Waals surface area contributed by atoms with Gasteiger partial charge in [0.05, 0.1) is 0 Å². The van der Waals surface area contributed by atoms with Crippen molar-refractivity contribution in [3.05, 3.63) is 60.2 Å².